The van der Waals surface area contributed by atoms with Gasteiger partial charge in [-0.1, -0.05) is 41.9 Å². The zero-order valence-electron chi connectivity index (χ0n) is 11.9. The summed E-state index contributed by atoms with van der Waals surface area (Å²) in [7, 11) is 2.08. The van der Waals surface area contributed by atoms with Gasteiger partial charge in [0, 0.05) is 19.0 Å². The number of phenolic OH excluding ortho intramolecular Hbond substituents is 2. The topological polar surface area (TPSA) is 43.7 Å². The molecule has 1 aliphatic heterocycles. The first-order valence-corrected chi connectivity index (χ1v) is 7.42. The summed E-state index contributed by atoms with van der Waals surface area (Å²) < 4.78 is 0. The van der Waals surface area contributed by atoms with Crippen LogP contribution in [0.1, 0.15) is 22.6 Å². The lowest BCUT2D eigenvalue weighted by atomic mass is 9.87. The number of nitrogens with zero attached hydrogens (tertiary/aromatic N) is 1. The molecule has 21 heavy (non-hydrogen) atoms. The maximum atomic E-state index is 9.93. The Hall–Kier alpha value is -1.71. The predicted octanol–water partition coefficient (Wildman–Crippen LogP) is 3.37. The van der Waals surface area contributed by atoms with Crippen LogP contribution >= 0.6 is 11.6 Å². The van der Waals surface area contributed by atoms with Crippen LogP contribution in [0.15, 0.2) is 36.4 Å². The van der Waals surface area contributed by atoms with Crippen LogP contribution in [0, 0.1) is 0 Å². The summed E-state index contributed by atoms with van der Waals surface area (Å²) in [6.07, 6.45) is 0.766. The zero-order chi connectivity index (χ0) is 15.0. The molecule has 0 unspecified atom stereocenters. The second-order valence-electron chi connectivity index (χ2n) is 5.60. The van der Waals surface area contributed by atoms with Crippen molar-refractivity contribution in [1.29, 1.82) is 0 Å². The van der Waals surface area contributed by atoms with Gasteiger partial charge in [0.1, 0.15) is 0 Å². The molecule has 0 saturated carbocycles. The van der Waals surface area contributed by atoms with Crippen molar-refractivity contribution in [3.05, 3.63) is 58.1 Å². The molecule has 4 heteroatoms. The quantitative estimate of drug-likeness (QED) is 0.794. The first-order chi connectivity index (χ1) is 10.1. The molecule has 0 aromatic heterocycles. The van der Waals surface area contributed by atoms with E-state index in [-0.39, 0.29) is 22.4 Å². The van der Waals surface area contributed by atoms with E-state index in [9.17, 15) is 10.2 Å². The Balaban J connectivity index is 2.18. The minimum Gasteiger partial charge on any atom is -0.504 e. The average Bonchev–Trinajstić information content (AvgIpc) is 2.65. The number of rotatable bonds is 1. The summed E-state index contributed by atoms with van der Waals surface area (Å²) in [5.41, 5.74) is 3.13. The third-order valence-electron chi connectivity index (χ3n) is 4.17. The number of benzene rings is 2. The summed E-state index contributed by atoms with van der Waals surface area (Å²) in [5, 5.41) is 20.1. The normalized spacial score (nSPS) is 19.0. The highest BCUT2D eigenvalue weighted by Gasteiger charge is 2.27. The van der Waals surface area contributed by atoms with Gasteiger partial charge in [0.2, 0.25) is 0 Å². The Morgan fingerprint density at radius 1 is 1.19 bits per heavy atom. The molecular formula is C17H18ClNO2. The van der Waals surface area contributed by atoms with Crippen LogP contribution in [0.5, 0.6) is 11.5 Å². The highest BCUT2D eigenvalue weighted by atomic mass is 35.5. The van der Waals surface area contributed by atoms with Gasteiger partial charge in [-0.2, -0.15) is 0 Å². The fraction of sp³-hybridized carbons (Fsp3) is 0.294. The maximum absolute atomic E-state index is 9.93. The molecule has 2 N–H and O–H groups in total. The fourth-order valence-corrected chi connectivity index (χ4v) is 3.32. The van der Waals surface area contributed by atoms with Gasteiger partial charge in [0.25, 0.3) is 0 Å². The minimum atomic E-state index is -0.216. The van der Waals surface area contributed by atoms with E-state index < -0.39 is 0 Å². The first kappa shape index (κ1) is 14.2. The van der Waals surface area contributed by atoms with Gasteiger partial charge in [0.05, 0.1) is 5.02 Å². The van der Waals surface area contributed by atoms with E-state index in [0.29, 0.717) is 0 Å². The van der Waals surface area contributed by atoms with Crippen molar-refractivity contribution in [3.63, 3.8) is 0 Å². The number of aromatic hydroxyl groups is 2. The minimum absolute atomic E-state index is 0.137. The van der Waals surface area contributed by atoms with E-state index in [0.717, 1.165) is 30.6 Å². The molecule has 110 valence electrons. The maximum Gasteiger partial charge on any atom is 0.176 e. The molecule has 0 saturated heterocycles. The molecule has 0 radical (unpaired) electrons. The van der Waals surface area contributed by atoms with Crippen molar-refractivity contribution in [2.45, 2.75) is 12.3 Å². The Morgan fingerprint density at radius 3 is 2.62 bits per heavy atom. The number of halogens is 1. The molecular weight excluding hydrogens is 285 g/mol. The van der Waals surface area contributed by atoms with Crippen LogP contribution in [0.4, 0.5) is 0 Å². The van der Waals surface area contributed by atoms with E-state index in [4.69, 9.17) is 11.6 Å². The van der Waals surface area contributed by atoms with Crippen LogP contribution < -0.4 is 0 Å². The van der Waals surface area contributed by atoms with Crippen molar-refractivity contribution < 1.29 is 10.2 Å². The molecule has 0 spiro atoms. The molecule has 0 bridgehead atoms. The van der Waals surface area contributed by atoms with Crippen LogP contribution in [0.25, 0.3) is 0 Å². The Bertz CT molecular complexity index is 658. The summed E-state index contributed by atoms with van der Waals surface area (Å²) in [6.45, 7) is 1.73. The van der Waals surface area contributed by atoms with Gasteiger partial charge in [-0.05, 0) is 36.2 Å². The second kappa shape index (κ2) is 5.58. The first-order valence-electron chi connectivity index (χ1n) is 7.04. The molecule has 0 aliphatic carbocycles. The average molecular weight is 303 g/mol. The number of hydrogen-bond donors (Lipinski definition) is 2. The number of fused-ring (bicyclic) bond motifs is 1. The van der Waals surface area contributed by atoms with Gasteiger partial charge in [0.15, 0.2) is 11.5 Å². The molecule has 1 atom stereocenters. The molecule has 2 aromatic carbocycles. The standard InChI is InChI=1S/C17H18ClNO2/c1-19-8-7-12-13(9-15(20)17(21)16(12)18)14(10-19)11-5-3-2-4-6-11/h2-6,9,14,20-21H,7-8,10H2,1H3/t14-/m1/s1/i1-1. The number of hydrogen-bond acceptors (Lipinski definition) is 3. The lowest BCUT2D eigenvalue weighted by molar-refractivity contribution is 0.338. The summed E-state index contributed by atoms with van der Waals surface area (Å²) in [6, 6.07) is 11.9. The second-order valence-corrected chi connectivity index (χ2v) is 5.98. The van der Waals surface area contributed by atoms with Gasteiger partial charge >= 0.3 is 0 Å². The van der Waals surface area contributed by atoms with Gasteiger partial charge in [-0.3, -0.25) is 0 Å². The molecule has 1 aliphatic rings. The third kappa shape index (κ3) is 2.59. The lowest BCUT2D eigenvalue weighted by Gasteiger charge is -2.22. The van der Waals surface area contributed by atoms with E-state index in [1.165, 1.54) is 5.56 Å². The summed E-state index contributed by atoms with van der Waals surface area (Å²) in [4.78, 5) is 2.25. The SMILES string of the molecule is [11CH3]N1CCc2c(cc(O)c(O)c2Cl)[C@@H](c2ccccc2)C1. The molecule has 3 rings (SSSR count). The molecule has 1 heterocycles. The highest BCUT2D eigenvalue weighted by Crippen LogP contribution is 2.43. The monoisotopic (exact) mass is 302 g/mol. The van der Waals surface area contributed by atoms with E-state index in [2.05, 4.69) is 24.1 Å². The summed E-state index contributed by atoms with van der Waals surface area (Å²) in [5.74, 6) is -0.228. The Kier molecular flexibility index (Phi) is 3.79. The van der Waals surface area contributed by atoms with Crippen LogP contribution in [-0.4, -0.2) is 35.3 Å². The van der Waals surface area contributed by atoms with E-state index in [1.54, 1.807) is 6.07 Å². The largest absolute Gasteiger partial charge is 0.504 e. The van der Waals surface area contributed by atoms with Crippen LogP contribution in [0.3, 0.4) is 0 Å². The summed E-state index contributed by atoms with van der Waals surface area (Å²) >= 11 is 6.26. The smallest absolute Gasteiger partial charge is 0.176 e. The Labute approximate surface area is 129 Å². The molecule has 2 aromatic rings. The van der Waals surface area contributed by atoms with Crippen molar-refractivity contribution in [2.24, 2.45) is 0 Å². The molecule has 3 nitrogen and oxygen atoms in total. The fourth-order valence-electron chi connectivity index (χ4n) is 3.02. The predicted molar refractivity (Wildman–Crippen MR) is 84.3 cm³/mol. The lowest BCUT2D eigenvalue weighted by Crippen LogP contribution is -2.24. The van der Waals surface area contributed by atoms with Crippen molar-refractivity contribution in [3.8, 4) is 11.5 Å². The van der Waals surface area contributed by atoms with Gasteiger partial charge < -0.3 is 15.1 Å². The van der Waals surface area contributed by atoms with Gasteiger partial charge in [-0.15, -0.1) is 0 Å². The molecule has 0 fully saturated rings. The zero-order valence-corrected chi connectivity index (χ0v) is 12.6. The third-order valence-corrected chi connectivity index (χ3v) is 4.58. The molecule has 0 amide bonds. The van der Waals surface area contributed by atoms with Gasteiger partial charge in [-0.25, -0.2) is 0 Å². The Morgan fingerprint density at radius 2 is 1.90 bits per heavy atom. The van der Waals surface area contributed by atoms with Crippen molar-refractivity contribution >= 4 is 11.6 Å². The van der Waals surface area contributed by atoms with E-state index in [1.807, 2.05) is 18.2 Å². The van der Waals surface area contributed by atoms with Crippen LogP contribution in [-0.2, 0) is 6.42 Å². The number of phenols is 2. The van der Waals surface area contributed by atoms with Crippen molar-refractivity contribution in [1.82, 2.24) is 4.90 Å². The highest BCUT2D eigenvalue weighted by molar-refractivity contribution is 6.33. The van der Waals surface area contributed by atoms with Crippen molar-refractivity contribution in [2.75, 3.05) is 20.1 Å². The van der Waals surface area contributed by atoms with Crippen LogP contribution in [0.2, 0.25) is 5.02 Å². The number of likely N-dealkylation sites (N-methyl/N-ethyl adjacent to an activating group) is 1. The van der Waals surface area contributed by atoms with E-state index >= 15 is 0 Å².